The van der Waals surface area contributed by atoms with Gasteiger partial charge in [-0.2, -0.15) is 8.78 Å². The van der Waals surface area contributed by atoms with Gasteiger partial charge in [-0.25, -0.2) is 0 Å². The summed E-state index contributed by atoms with van der Waals surface area (Å²) in [4.78, 5) is 13.0. The van der Waals surface area contributed by atoms with E-state index in [4.69, 9.17) is 0 Å². The number of ether oxygens (including phenoxy) is 1. The molecule has 0 radical (unpaired) electrons. The molecule has 7 heteroatoms. The van der Waals surface area contributed by atoms with Gasteiger partial charge in [0, 0.05) is 9.37 Å². The Morgan fingerprint density at radius 1 is 1.30 bits per heavy atom. The molecule has 0 bridgehead atoms. The van der Waals surface area contributed by atoms with Crippen LogP contribution >= 0.6 is 27.7 Å². The molecule has 2 rings (SSSR count). The van der Waals surface area contributed by atoms with E-state index < -0.39 is 6.61 Å². The number of para-hydroxylation sites is 2. The van der Waals surface area contributed by atoms with Crippen molar-refractivity contribution in [2.24, 2.45) is 0 Å². The molecule has 2 aromatic carbocycles. The van der Waals surface area contributed by atoms with Crippen molar-refractivity contribution in [3.63, 3.8) is 0 Å². The van der Waals surface area contributed by atoms with Crippen molar-refractivity contribution in [3.05, 3.63) is 52.5 Å². The fraction of sp³-hybridized carbons (Fsp3) is 0.188. The van der Waals surface area contributed by atoms with Crippen LogP contribution < -0.4 is 10.1 Å². The molecule has 122 valence electrons. The zero-order chi connectivity index (χ0) is 16.8. The molecule has 0 spiro atoms. The number of aryl methyl sites for hydroxylation is 1. The first-order chi connectivity index (χ1) is 11.0. The second-order valence-electron chi connectivity index (χ2n) is 4.62. The number of halogens is 3. The predicted octanol–water partition coefficient (Wildman–Crippen LogP) is 5.09. The molecule has 0 aliphatic heterocycles. The Balaban J connectivity index is 1.97. The average molecular weight is 402 g/mol. The van der Waals surface area contributed by atoms with Gasteiger partial charge < -0.3 is 10.1 Å². The van der Waals surface area contributed by atoms with Gasteiger partial charge in [0.15, 0.2) is 0 Å². The van der Waals surface area contributed by atoms with Crippen molar-refractivity contribution in [1.82, 2.24) is 0 Å². The molecule has 0 aromatic heterocycles. The molecular weight excluding hydrogens is 388 g/mol. The summed E-state index contributed by atoms with van der Waals surface area (Å²) in [6.07, 6.45) is 0. The summed E-state index contributed by atoms with van der Waals surface area (Å²) in [7, 11) is 0. The van der Waals surface area contributed by atoms with E-state index in [-0.39, 0.29) is 23.1 Å². The van der Waals surface area contributed by atoms with E-state index in [1.165, 1.54) is 23.9 Å². The van der Waals surface area contributed by atoms with Crippen LogP contribution in [0, 0.1) is 6.92 Å². The third-order valence-electron chi connectivity index (χ3n) is 2.87. The molecule has 2 aromatic rings. The Morgan fingerprint density at radius 2 is 2.04 bits per heavy atom. The van der Waals surface area contributed by atoms with E-state index in [0.29, 0.717) is 0 Å². The molecular formula is C16H14BrF2NO2S. The van der Waals surface area contributed by atoms with Crippen LogP contribution in [-0.2, 0) is 4.79 Å². The monoisotopic (exact) mass is 401 g/mol. The number of anilines is 1. The van der Waals surface area contributed by atoms with Crippen LogP contribution in [0.4, 0.5) is 14.5 Å². The smallest absolute Gasteiger partial charge is 0.387 e. The van der Waals surface area contributed by atoms with Crippen LogP contribution in [-0.4, -0.2) is 18.3 Å². The summed E-state index contributed by atoms with van der Waals surface area (Å²) in [6.45, 7) is -0.982. The molecule has 0 aliphatic carbocycles. The Hall–Kier alpha value is -1.60. The Morgan fingerprint density at radius 3 is 2.74 bits per heavy atom. The van der Waals surface area contributed by atoms with Crippen LogP contribution in [0.5, 0.6) is 5.75 Å². The van der Waals surface area contributed by atoms with Crippen LogP contribution in [0.3, 0.4) is 0 Å². The molecule has 0 saturated heterocycles. The summed E-state index contributed by atoms with van der Waals surface area (Å²) in [5.41, 5.74) is 1.28. The lowest BCUT2D eigenvalue weighted by molar-refractivity contribution is -0.113. The van der Waals surface area contributed by atoms with Gasteiger partial charge >= 0.3 is 6.61 Å². The molecule has 0 aliphatic rings. The number of carbonyl (C=O) groups excluding carboxylic acids is 1. The van der Waals surface area contributed by atoms with Crippen molar-refractivity contribution in [2.75, 3.05) is 11.1 Å². The van der Waals surface area contributed by atoms with Crippen molar-refractivity contribution >= 4 is 39.3 Å². The maximum absolute atomic E-state index is 12.3. The first-order valence-corrected chi connectivity index (χ1v) is 8.46. The summed E-state index contributed by atoms with van der Waals surface area (Å²) in [6, 6.07) is 11.9. The largest absolute Gasteiger partial charge is 0.433 e. The van der Waals surface area contributed by atoms with E-state index >= 15 is 0 Å². The fourth-order valence-corrected chi connectivity index (χ4v) is 3.16. The highest BCUT2D eigenvalue weighted by molar-refractivity contribution is 9.10. The van der Waals surface area contributed by atoms with Gasteiger partial charge in [-0.05, 0) is 42.8 Å². The van der Waals surface area contributed by atoms with E-state index in [1.807, 2.05) is 25.1 Å². The van der Waals surface area contributed by atoms with Crippen molar-refractivity contribution < 1.29 is 18.3 Å². The van der Waals surface area contributed by atoms with E-state index in [9.17, 15) is 13.6 Å². The molecule has 0 heterocycles. The highest BCUT2D eigenvalue weighted by Crippen LogP contribution is 2.28. The van der Waals surface area contributed by atoms with Gasteiger partial charge in [0.1, 0.15) is 5.75 Å². The summed E-state index contributed by atoms with van der Waals surface area (Å²) >= 11 is 4.77. The Bertz CT molecular complexity index is 698. The highest BCUT2D eigenvalue weighted by Gasteiger charge is 2.12. The summed E-state index contributed by atoms with van der Waals surface area (Å²) < 4.78 is 30.0. The van der Waals surface area contributed by atoms with Crippen LogP contribution in [0.2, 0.25) is 0 Å². The Labute approximate surface area is 145 Å². The minimum Gasteiger partial charge on any atom is -0.433 e. The van der Waals surface area contributed by atoms with E-state index in [2.05, 4.69) is 26.0 Å². The van der Waals surface area contributed by atoms with Gasteiger partial charge in [-0.1, -0.05) is 28.1 Å². The number of carbonyl (C=O) groups is 1. The number of thioether (sulfide) groups is 1. The molecule has 1 amide bonds. The lowest BCUT2D eigenvalue weighted by Gasteiger charge is -2.12. The molecule has 0 unspecified atom stereocenters. The number of hydrogen-bond donors (Lipinski definition) is 1. The average Bonchev–Trinajstić information content (AvgIpc) is 2.48. The SMILES string of the molecule is Cc1cc(Br)ccc1SCC(=O)Nc1ccccc1OC(F)F. The van der Waals surface area contributed by atoms with Crippen molar-refractivity contribution in [2.45, 2.75) is 18.4 Å². The lowest BCUT2D eigenvalue weighted by Crippen LogP contribution is -2.15. The fourth-order valence-electron chi connectivity index (χ4n) is 1.87. The topological polar surface area (TPSA) is 38.3 Å². The van der Waals surface area contributed by atoms with Crippen molar-refractivity contribution in [1.29, 1.82) is 0 Å². The Kier molecular flexibility index (Phi) is 6.41. The van der Waals surface area contributed by atoms with Gasteiger partial charge in [0.05, 0.1) is 11.4 Å². The van der Waals surface area contributed by atoms with Crippen LogP contribution in [0.25, 0.3) is 0 Å². The second-order valence-corrected chi connectivity index (χ2v) is 6.55. The minimum atomic E-state index is -2.94. The first-order valence-electron chi connectivity index (χ1n) is 6.68. The van der Waals surface area contributed by atoms with Gasteiger partial charge in [0.25, 0.3) is 0 Å². The van der Waals surface area contributed by atoms with Gasteiger partial charge in [-0.3, -0.25) is 4.79 Å². The van der Waals surface area contributed by atoms with E-state index in [0.717, 1.165) is 14.9 Å². The molecule has 3 nitrogen and oxygen atoms in total. The quantitative estimate of drug-likeness (QED) is 0.685. The van der Waals surface area contributed by atoms with Crippen LogP contribution in [0.1, 0.15) is 5.56 Å². The van der Waals surface area contributed by atoms with Crippen molar-refractivity contribution in [3.8, 4) is 5.75 Å². The maximum Gasteiger partial charge on any atom is 0.387 e. The third kappa shape index (κ3) is 5.51. The third-order valence-corrected chi connectivity index (χ3v) is 4.54. The molecule has 1 N–H and O–H groups in total. The summed E-state index contributed by atoms with van der Waals surface area (Å²) in [5.74, 6) is -0.172. The number of rotatable bonds is 6. The number of hydrogen-bond acceptors (Lipinski definition) is 3. The van der Waals surface area contributed by atoms with Crippen LogP contribution in [0.15, 0.2) is 51.8 Å². The number of benzene rings is 2. The van der Waals surface area contributed by atoms with Gasteiger partial charge in [0.2, 0.25) is 5.91 Å². The number of amides is 1. The zero-order valence-electron chi connectivity index (χ0n) is 12.2. The number of alkyl halides is 2. The number of nitrogens with one attached hydrogen (secondary N) is 1. The standard InChI is InChI=1S/C16H14BrF2NO2S/c1-10-8-11(17)6-7-14(10)23-9-15(21)20-12-4-2-3-5-13(12)22-16(18)19/h2-8,16H,9H2,1H3,(H,20,21). The zero-order valence-corrected chi connectivity index (χ0v) is 14.6. The lowest BCUT2D eigenvalue weighted by atomic mass is 10.2. The maximum atomic E-state index is 12.3. The van der Waals surface area contributed by atoms with E-state index in [1.54, 1.807) is 12.1 Å². The summed E-state index contributed by atoms with van der Waals surface area (Å²) in [5, 5.41) is 2.59. The normalized spacial score (nSPS) is 10.7. The predicted molar refractivity (Wildman–Crippen MR) is 91.3 cm³/mol. The van der Waals surface area contributed by atoms with Gasteiger partial charge in [-0.15, -0.1) is 11.8 Å². The molecule has 0 atom stereocenters. The minimum absolute atomic E-state index is 0.0549. The molecule has 0 fully saturated rings. The highest BCUT2D eigenvalue weighted by atomic mass is 79.9. The first kappa shape index (κ1) is 17.7. The molecule has 23 heavy (non-hydrogen) atoms. The molecule has 0 saturated carbocycles. The second kappa shape index (κ2) is 8.31.